The molecule has 0 saturated heterocycles. The second-order valence-corrected chi connectivity index (χ2v) is 4.07. The maximum Gasteiger partial charge on any atom is 0.0206 e. The number of hydrogen-bond donors (Lipinski definition) is 1. The molecule has 2 heteroatoms. The van der Waals surface area contributed by atoms with Crippen LogP contribution in [-0.2, 0) is 0 Å². The summed E-state index contributed by atoms with van der Waals surface area (Å²) in [4.78, 5) is 2.35. The third kappa shape index (κ3) is 1.87. The van der Waals surface area contributed by atoms with Crippen LogP contribution in [0.4, 0.5) is 0 Å². The van der Waals surface area contributed by atoms with Gasteiger partial charge in [-0.1, -0.05) is 12.5 Å². The fourth-order valence-corrected chi connectivity index (χ4v) is 1.78. The quantitative estimate of drug-likeness (QED) is 0.629. The van der Waals surface area contributed by atoms with Gasteiger partial charge in [-0.2, -0.15) is 0 Å². The van der Waals surface area contributed by atoms with Crippen molar-refractivity contribution in [3.05, 3.63) is 11.6 Å². The number of rotatable bonds is 3. The topological polar surface area (TPSA) is 15.3 Å². The molecule has 0 aromatic rings. The molecule has 1 aliphatic heterocycles. The van der Waals surface area contributed by atoms with Gasteiger partial charge < -0.3 is 5.32 Å². The summed E-state index contributed by atoms with van der Waals surface area (Å²) in [5.41, 5.74) is 1.57. The molecule has 0 radical (unpaired) electrons. The molecule has 2 aliphatic rings. The molecule has 1 saturated carbocycles. The Morgan fingerprint density at radius 2 is 2.42 bits per heavy atom. The first-order chi connectivity index (χ1) is 5.84. The smallest absolute Gasteiger partial charge is 0.0206 e. The molecule has 0 spiro atoms. The second kappa shape index (κ2) is 3.58. The number of hydrogen-bond acceptors (Lipinski definition) is 2. The Labute approximate surface area is 74.6 Å². The first-order valence-corrected chi connectivity index (χ1v) is 4.94. The third-order valence-corrected chi connectivity index (χ3v) is 2.89. The van der Waals surface area contributed by atoms with Crippen molar-refractivity contribution in [2.24, 2.45) is 0 Å². The van der Waals surface area contributed by atoms with Gasteiger partial charge in [-0.25, -0.2) is 0 Å². The number of likely N-dealkylation sites (N-methyl/N-ethyl adjacent to an activating group) is 1. The van der Waals surface area contributed by atoms with E-state index in [-0.39, 0.29) is 0 Å². The van der Waals surface area contributed by atoms with Crippen LogP contribution in [0.15, 0.2) is 11.6 Å². The molecular formula is C10H18N2. The molecule has 0 aromatic heterocycles. The molecule has 0 bridgehead atoms. The summed E-state index contributed by atoms with van der Waals surface area (Å²) in [6.45, 7) is 3.43. The Morgan fingerprint density at radius 3 is 2.92 bits per heavy atom. The molecule has 2 rings (SSSR count). The molecule has 0 atom stereocenters. The number of nitrogens with one attached hydrogen (secondary N) is 1. The van der Waals surface area contributed by atoms with Crippen LogP contribution >= 0.6 is 0 Å². The van der Waals surface area contributed by atoms with Gasteiger partial charge in [0, 0.05) is 25.7 Å². The van der Waals surface area contributed by atoms with E-state index in [0.717, 1.165) is 19.1 Å². The lowest BCUT2D eigenvalue weighted by molar-refractivity contribution is 0.345. The molecule has 1 N–H and O–H groups in total. The van der Waals surface area contributed by atoms with Crippen LogP contribution in [-0.4, -0.2) is 37.6 Å². The molecular weight excluding hydrogens is 148 g/mol. The summed E-state index contributed by atoms with van der Waals surface area (Å²) in [5, 5.41) is 3.59. The molecule has 12 heavy (non-hydrogen) atoms. The van der Waals surface area contributed by atoms with Crippen molar-refractivity contribution in [3.63, 3.8) is 0 Å². The highest BCUT2D eigenvalue weighted by molar-refractivity contribution is 5.13. The van der Waals surface area contributed by atoms with Crippen molar-refractivity contribution in [2.45, 2.75) is 25.3 Å². The van der Waals surface area contributed by atoms with Crippen LogP contribution in [0, 0.1) is 0 Å². The zero-order valence-corrected chi connectivity index (χ0v) is 7.84. The minimum absolute atomic E-state index is 0.830. The summed E-state index contributed by atoms with van der Waals surface area (Å²) >= 11 is 0. The molecule has 68 valence electrons. The lowest BCUT2D eigenvalue weighted by Gasteiger charge is -2.26. The summed E-state index contributed by atoms with van der Waals surface area (Å²) < 4.78 is 0. The maximum absolute atomic E-state index is 3.59. The van der Waals surface area contributed by atoms with Crippen molar-refractivity contribution in [3.8, 4) is 0 Å². The number of nitrogens with zero attached hydrogens (tertiary/aromatic N) is 1. The van der Waals surface area contributed by atoms with Gasteiger partial charge >= 0.3 is 0 Å². The standard InChI is InChI=1S/C10H18N2/c1-12-6-5-9(8-12)7-11-10-3-2-4-10/h5,10-11H,2-4,6-8H2,1H3. The highest BCUT2D eigenvalue weighted by Crippen LogP contribution is 2.18. The van der Waals surface area contributed by atoms with Gasteiger partial charge in [0.25, 0.3) is 0 Å². The van der Waals surface area contributed by atoms with E-state index < -0.39 is 0 Å². The Balaban J connectivity index is 1.66. The summed E-state index contributed by atoms with van der Waals surface area (Å²) in [5.74, 6) is 0. The minimum Gasteiger partial charge on any atom is -0.310 e. The van der Waals surface area contributed by atoms with E-state index in [1.54, 1.807) is 5.57 Å². The maximum atomic E-state index is 3.59. The Morgan fingerprint density at radius 1 is 1.58 bits per heavy atom. The Bertz CT molecular complexity index is 182. The van der Waals surface area contributed by atoms with Gasteiger partial charge in [0.05, 0.1) is 0 Å². The summed E-state index contributed by atoms with van der Waals surface area (Å²) in [6, 6.07) is 0.830. The van der Waals surface area contributed by atoms with E-state index in [1.165, 1.54) is 25.8 Å². The van der Waals surface area contributed by atoms with Crippen LogP contribution in [0.3, 0.4) is 0 Å². The average Bonchev–Trinajstić information content (AvgIpc) is 2.32. The lowest BCUT2D eigenvalue weighted by atomic mass is 9.93. The van der Waals surface area contributed by atoms with Crippen molar-refractivity contribution in [1.29, 1.82) is 0 Å². The van der Waals surface area contributed by atoms with Crippen molar-refractivity contribution in [2.75, 3.05) is 26.7 Å². The van der Waals surface area contributed by atoms with Crippen LogP contribution in [0.2, 0.25) is 0 Å². The van der Waals surface area contributed by atoms with Crippen molar-refractivity contribution < 1.29 is 0 Å². The predicted octanol–water partition coefficient (Wildman–Crippen LogP) is 1.00. The van der Waals surface area contributed by atoms with Gasteiger partial charge in [0.1, 0.15) is 0 Å². The fraction of sp³-hybridized carbons (Fsp3) is 0.800. The third-order valence-electron chi connectivity index (χ3n) is 2.89. The van der Waals surface area contributed by atoms with Crippen LogP contribution in [0.25, 0.3) is 0 Å². The largest absolute Gasteiger partial charge is 0.310 e. The zero-order chi connectivity index (χ0) is 8.39. The van der Waals surface area contributed by atoms with E-state index in [0.29, 0.717) is 0 Å². The second-order valence-electron chi connectivity index (χ2n) is 4.07. The van der Waals surface area contributed by atoms with Crippen LogP contribution < -0.4 is 5.32 Å². The predicted molar refractivity (Wildman–Crippen MR) is 51.2 cm³/mol. The van der Waals surface area contributed by atoms with Crippen molar-refractivity contribution >= 4 is 0 Å². The SMILES string of the molecule is CN1CC=C(CNC2CCC2)C1. The zero-order valence-electron chi connectivity index (χ0n) is 7.84. The highest BCUT2D eigenvalue weighted by Gasteiger charge is 2.17. The Kier molecular flexibility index (Phi) is 2.47. The molecule has 1 heterocycles. The van der Waals surface area contributed by atoms with E-state index in [1.807, 2.05) is 0 Å². The first-order valence-electron chi connectivity index (χ1n) is 4.94. The van der Waals surface area contributed by atoms with Gasteiger partial charge in [0.2, 0.25) is 0 Å². The van der Waals surface area contributed by atoms with Gasteiger partial charge in [-0.15, -0.1) is 0 Å². The van der Waals surface area contributed by atoms with Gasteiger partial charge in [0.15, 0.2) is 0 Å². The van der Waals surface area contributed by atoms with Gasteiger partial charge in [-0.05, 0) is 25.5 Å². The van der Waals surface area contributed by atoms with Crippen LogP contribution in [0.1, 0.15) is 19.3 Å². The Hall–Kier alpha value is -0.340. The minimum atomic E-state index is 0.830. The van der Waals surface area contributed by atoms with E-state index in [4.69, 9.17) is 0 Å². The molecule has 1 fully saturated rings. The average molecular weight is 166 g/mol. The molecule has 1 aliphatic carbocycles. The fourth-order valence-electron chi connectivity index (χ4n) is 1.78. The first kappa shape index (κ1) is 8.27. The van der Waals surface area contributed by atoms with Crippen LogP contribution in [0.5, 0.6) is 0 Å². The van der Waals surface area contributed by atoms with Crippen molar-refractivity contribution in [1.82, 2.24) is 10.2 Å². The van der Waals surface area contributed by atoms with E-state index in [9.17, 15) is 0 Å². The summed E-state index contributed by atoms with van der Waals surface area (Å²) in [7, 11) is 2.17. The van der Waals surface area contributed by atoms with E-state index >= 15 is 0 Å². The van der Waals surface area contributed by atoms with E-state index in [2.05, 4.69) is 23.3 Å². The molecule has 0 unspecified atom stereocenters. The molecule has 0 aromatic carbocycles. The van der Waals surface area contributed by atoms with Gasteiger partial charge in [-0.3, -0.25) is 4.90 Å². The summed E-state index contributed by atoms with van der Waals surface area (Å²) in [6.07, 6.45) is 6.56. The highest BCUT2D eigenvalue weighted by atomic mass is 15.1. The normalized spacial score (nSPS) is 25.6. The monoisotopic (exact) mass is 166 g/mol. The molecule has 0 amide bonds. The molecule has 2 nitrogen and oxygen atoms in total. The lowest BCUT2D eigenvalue weighted by Crippen LogP contribution is -2.36.